The molecule has 0 saturated heterocycles. The molecule has 1 aromatic rings. The van der Waals surface area contributed by atoms with Gasteiger partial charge in [-0.15, -0.1) is 0 Å². The maximum absolute atomic E-state index is 13.0. The van der Waals surface area contributed by atoms with Gasteiger partial charge in [-0.3, -0.25) is 0 Å². The molecule has 0 bridgehead atoms. The largest absolute Gasteiger partial charge is 0.384 e. The number of hydrogen-bond acceptors (Lipinski definition) is 2. The van der Waals surface area contributed by atoms with Crippen molar-refractivity contribution in [3.05, 3.63) is 28.8 Å². The zero-order valence-electron chi connectivity index (χ0n) is 9.72. The Labute approximate surface area is 110 Å². The fraction of sp³-hybridized carbons (Fsp3) is 0.462. The molecule has 1 unspecified atom stereocenters. The molecule has 2 nitrogen and oxygen atoms in total. The van der Waals surface area contributed by atoms with Crippen LogP contribution in [0.5, 0.6) is 0 Å². The Morgan fingerprint density at radius 2 is 2.28 bits per heavy atom. The summed E-state index contributed by atoms with van der Waals surface area (Å²) in [4.78, 5) is 0. The van der Waals surface area contributed by atoms with Gasteiger partial charge >= 0.3 is 0 Å². The maximum Gasteiger partial charge on any atom is 0.248 e. The second-order valence-corrected chi connectivity index (χ2v) is 5.08. The van der Waals surface area contributed by atoms with Gasteiger partial charge in [-0.05, 0) is 30.5 Å². The molecule has 1 aliphatic carbocycles. The van der Waals surface area contributed by atoms with Crippen molar-refractivity contribution < 1.29 is 8.78 Å². The van der Waals surface area contributed by atoms with Gasteiger partial charge in [-0.25, -0.2) is 8.78 Å². The topological polar surface area (TPSA) is 35.8 Å². The van der Waals surface area contributed by atoms with Crippen LogP contribution in [-0.2, 0) is 0 Å². The third kappa shape index (κ3) is 3.11. The number of hydrogen-bond donors (Lipinski definition) is 1. The van der Waals surface area contributed by atoms with E-state index in [-0.39, 0.29) is 18.8 Å². The number of benzene rings is 1. The van der Waals surface area contributed by atoms with Gasteiger partial charge in [0.25, 0.3) is 0 Å². The molecular formula is C13H13ClF2N2. The minimum atomic E-state index is -2.53. The molecule has 0 heterocycles. The fourth-order valence-corrected chi connectivity index (χ4v) is 2.40. The molecule has 1 aromatic carbocycles. The van der Waals surface area contributed by atoms with Crippen LogP contribution >= 0.6 is 11.6 Å². The SMILES string of the molecule is N#Cc1ccc(Cl)cc1NCC1CCC(F)(F)C1. The summed E-state index contributed by atoms with van der Waals surface area (Å²) < 4.78 is 26.1. The summed E-state index contributed by atoms with van der Waals surface area (Å²) in [5.74, 6) is -2.58. The lowest BCUT2D eigenvalue weighted by Crippen LogP contribution is -2.15. The van der Waals surface area contributed by atoms with Crippen molar-refractivity contribution in [2.24, 2.45) is 5.92 Å². The molecule has 0 spiro atoms. The van der Waals surface area contributed by atoms with Gasteiger partial charge in [0.15, 0.2) is 0 Å². The van der Waals surface area contributed by atoms with Crippen LogP contribution in [0, 0.1) is 17.2 Å². The Kier molecular flexibility index (Phi) is 3.72. The Balaban J connectivity index is 1.99. The second kappa shape index (κ2) is 5.11. The van der Waals surface area contributed by atoms with Crippen LogP contribution in [0.2, 0.25) is 5.02 Å². The van der Waals surface area contributed by atoms with Crippen molar-refractivity contribution in [2.45, 2.75) is 25.2 Å². The van der Waals surface area contributed by atoms with E-state index in [2.05, 4.69) is 5.32 Å². The Bertz CT molecular complexity index is 482. The standard InChI is InChI=1S/C13H13ClF2N2/c14-11-2-1-10(7-17)12(5-11)18-8-9-3-4-13(15,16)6-9/h1-2,5,9,18H,3-4,6,8H2. The number of halogens is 3. The van der Waals surface area contributed by atoms with Gasteiger partial charge in [-0.2, -0.15) is 5.26 Å². The highest BCUT2D eigenvalue weighted by atomic mass is 35.5. The smallest absolute Gasteiger partial charge is 0.248 e. The zero-order valence-corrected chi connectivity index (χ0v) is 10.5. The van der Waals surface area contributed by atoms with Crippen LogP contribution in [0.3, 0.4) is 0 Å². The highest BCUT2D eigenvalue weighted by Crippen LogP contribution is 2.38. The summed E-state index contributed by atoms with van der Waals surface area (Å²) in [5.41, 5.74) is 1.09. The predicted molar refractivity (Wildman–Crippen MR) is 66.9 cm³/mol. The number of nitrogens with zero attached hydrogens (tertiary/aromatic N) is 1. The van der Waals surface area contributed by atoms with Crippen molar-refractivity contribution in [1.82, 2.24) is 0 Å². The summed E-state index contributed by atoms with van der Waals surface area (Å²) in [6.07, 6.45) is 0.394. The molecule has 96 valence electrons. The van der Waals surface area contributed by atoms with Gasteiger partial charge in [0.1, 0.15) is 6.07 Å². The molecule has 0 amide bonds. The molecular weight excluding hydrogens is 258 g/mol. The normalized spacial score (nSPS) is 21.6. The van der Waals surface area contributed by atoms with Crippen LogP contribution in [0.4, 0.5) is 14.5 Å². The lowest BCUT2D eigenvalue weighted by Gasteiger charge is -2.13. The first kappa shape index (κ1) is 13.1. The van der Waals surface area contributed by atoms with E-state index in [0.29, 0.717) is 29.2 Å². The first-order chi connectivity index (χ1) is 8.50. The Morgan fingerprint density at radius 1 is 1.50 bits per heavy atom. The van der Waals surface area contributed by atoms with Crippen LogP contribution in [0.15, 0.2) is 18.2 Å². The summed E-state index contributed by atoms with van der Waals surface area (Å²) in [5, 5.41) is 12.5. The van der Waals surface area contributed by atoms with Crippen molar-refractivity contribution in [2.75, 3.05) is 11.9 Å². The van der Waals surface area contributed by atoms with E-state index in [1.54, 1.807) is 18.2 Å². The Hall–Kier alpha value is -1.34. The molecule has 0 aromatic heterocycles. The van der Waals surface area contributed by atoms with E-state index in [9.17, 15) is 8.78 Å². The summed E-state index contributed by atoms with van der Waals surface area (Å²) in [6, 6.07) is 6.94. The van der Waals surface area contributed by atoms with E-state index in [1.807, 2.05) is 6.07 Å². The number of rotatable bonds is 3. The quantitative estimate of drug-likeness (QED) is 0.899. The average molecular weight is 271 g/mol. The minimum Gasteiger partial charge on any atom is -0.384 e. The zero-order chi connectivity index (χ0) is 13.2. The highest BCUT2D eigenvalue weighted by Gasteiger charge is 2.39. The molecule has 1 saturated carbocycles. The molecule has 0 aliphatic heterocycles. The average Bonchev–Trinajstić information content (AvgIpc) is 2.66. The lowest BCUT2D eigenvalue weighted by atomic mass is 10.1. The summed E-state index contributed by atoms with van der Waals surface area (Å²) in [7, 11) is 0. The molecule has 5 heteroatoms. The number of nitriles is 1. The van der Waals surface area contributed by atoms with Crippen LogP contribution in [0.1, 0.15) is 24.8 Å². The highest BCUT2D eigenvalue weighted by molar-refractivity contribution is 6.30. The predicted octanol–water partition coefficient (Wildman–Crippen LogP) is 4.06. The fourth-order valence-electron chi connectivity index (χ4n) is 2.23. The van der Waals surface area contributed by atoms with E-state index in [0.717, 1.165) is 0 Å². The van der Waals surface area contributed by atoms with E-state index in [1.165, 1.54) is 0 Å². The molecule has 1 aliphatic rings. The first-order valence-corrected chi connectivity index (χ1v) is 6.19. The summed E-state index contributed by atoms with van der Waals surface area (Å²) in [6.45, 7) is 0.449. The molecule has 18 heavy (non-hydrogen) atoms. The third-order valence-electron chi connectivity index (χ3n) is 3.19. The monoisotopic (exact) mass is 270 g/mol. The van der Waals surface area contributed by atoms with Gasteiger partial charge in [0.05, 0.1) is 11.3 Å². The second-order valence-electron chi connectivity index (χ2n) is 4.65. The van der Waals surface area contributed by atoms with Crippen molar-refractivity contribution in [1.29, 1.82) is 5.26 Å². The third-order valence-corrected chi connectivity index (χ3v) is 3.42. The lowest BCUT2D eigenvalue weighted by molar-refractivity contribution is 0.00556. The van der Waals surface area contributed by atoms with Gasteiger partial charge in [0, 0.05) is 24.4 Å². The molecule has 0 radical (unpaired) electrons. The van der Waals surface area contributed by atoms with E-state index < -0.39 is 5.92 Å². The van der Waals surface area contributed by atoms with Gasteiger partial charge in [0.2, 0.25) is 5.92 Å². The number of anilines is 1. The molecule has 1 atom stereocenters. The number of nitrogens with one attached hydrogen (secondary N) is 1. The first-order valence-electron chi connectivity index (χ1n) is 5.81. The molecule has 2 rings (SSSR count). The molecule has 1 fully saturated rings. The number of alkyl halides is 2. The van der Waals surface area contributed by atoms with Crippen LogP contribution in [-0.4, -0.2) is 12.5 Å². The van der Waals surface area contributed by atoms with Crippen molar-refractivity contribution >= 4 is 17.3 Å². The van der Waals surface area contributed by atoms with E-state index >= 15 is 0 Å². The van der Waals surface area contributed by atoms with Gasteiger partial charge in [-0.1, -0.05) is 11.6 Å². The Morgan fingerprint density at radius 3 is 2.89 bits per heavy atom. The van der Waals surface area contributed by atoms with Crippen molar-refractivity contribution in [3.63, 3.8) is 0 Å². The van der Waals surface area contributed by atoms with E-state index in [4.69, 9.17) is 16.9 Å². The molecule has 1 N–H and O–H groups in total. The van der Waals surface area contributed by atoms with Crippen LogP contribution in [0.25, 0.3) is 0 Å². The minimum absolute atomic E-state index is 0.0417. The maximum atomic E-state index is 13.0. The summed E-state index contributed by atoms with van der Waals surface area (Å²) >= 11 is 5.85. The van der Waals surface area contributed by atoms with Crippen molar-refractivity contribution in [3.8, 4) is 6.07 Å². The van der Waals surface area contributed by atoms with Gasteiger partial charge < -0.3 is 5.32 Å². The van der Waals surface area contributed by atoms with Crippen LogP contribution < -0.4 is 5.32 Å².